The number of hydrogen-bond donors (Lipinski definition) is 2. The van der Waals surface area contributed by atoms with Gasteiger partial charge in [0.25, 0.3) is 0 Å². The summed E-state index contributed by atoms with van der Waals surface area (Å²) in [6.45, 7) is 2.51. The van der Waals surface area contributed by atoms with Gasteiger partial charge in [-0.3, -0.25) is 9.59 Å². The summed E-state index contributed by atoms with van der Waals surface area (Å²) in [6, 6.07) is 11.6. The van der Waals surface area contributed by atoms with Crippen molar-refractivity contribution in [2.24, 2.45) is 0 Å². The highest BCUT2D eigenvalue weighted by atomic mass is 79.9. The molecule has 7 heteroatoms. The number of rotatable bonds is 9. The van der Waals surface area contributed by atoms with Crippen LogP contribution in [-0.4, -0.2) is 30.6 Å². The molecule has 0 aliphatic heterocycles. The topological polar surface area (TPSA) is 84.9 Å². The van der Waals surface area contributed by atoms with Gasteiger partial charge in [0.1, 0.15) is 6.61 Å². The van der Waals surface area contributed by atoms with Crippen molar-refractivity contribution in [1.82, 2.24) is 5.32 Å². The van der Waals surface area contributed by atoms with E-state index in [1.807, 2.05) is 37.3 Å². The van der Waals surface area contributed by atoms with E-state index in [1.165, 1.54) is 11.6 Å². The summed E-state index contributed by atoms with van der Waals surface area (Å²) in [5, 5.41) is 11.1. The van der Waals surface area contributed by atoms with Crippen molar-refractivity contribution in [2.75, 3.05) is 13.7 Å². The average Bonchev–Trinajstić information content (AvgIpc) is 2.66. The highest BCUT2D eigenvalue weighted by molar-refractivity contribution is 9.10. The summed E-state index contributed by atoms with van der Waals surface area (Å²) in [7, 11) is 1.55. The van der Waals surface area contributed by atoms with E-state index in [4.69, 9.17) is 14.6 Å². The molecule has 0 heterocycles. The van der Waals surface area contributed by atoms with Gasteiger partial charge in [-0.25, -0.2) is 0 Å². The van der Waals surface area contributed by atoms with Crippen LogP contribution in [0.3, 0.4) is 0 Å². The molecule has 0 spiro atoms. The van der Waals surface area contributed by atoms with E-state index in [0.29, 0.717) is 22.6 Å². The van der Waals surface area contributed by atoms with Gasteiger partial charge in [-0.2, -0.15) is 0 Å². The van der Waals surface area contributed by atoms with Gasteiger partial charge >= 0.3 is 5.97 Å². The first-order chi connectivity index (χ1) is 13.4. The fourth-order valence-electron chi connectivity index (χ4n) is 2.34. The third-order valence-electron chi connectivity index (χ3n) is 3.82. The zero-order chi connectivity index (χ0) is 20.5. The molecule has 2 aromatic carbocycles. The van der Waals surface area contributed by atoms with E-state index in [2.05, 4.69) is 21.2 Å². The molecule has 0 aliphatic carbocycles. The molecule has 0 unspecified atom stereocenters. The number of halogens is 1. The molecule has 2 N–H and O–H groups in total. The number of amides is 1. The molecule has 2 rings (SSSR count). The van der Waals surface area contributed by atoms with Crippen molar-refractivity contribution in [3.05, 3.63) is 63.6 Å². The Morgan fingerprint density at radius 3 is 2.57 bits per heavy atom. The second-order valence-corrected chi connectivity index (χ2v) is 6.93. The molecule has 0 aliphatic rings. The van der Waals surface area contributed by atoms with E-state index in [1.54, 1.807) is 19.3 Å². The van der Waals surface area contributed by atoms with Crippen LogP contribution < -0.4 is 14.8 Å². The number of carbonyl (C=O) groups is 2. The van der Waals surface area contributed by atoms with E-state index < -0.39 is 5.97 Å². The summed E-state index contributed by atoms with van der Waals surface area (Å²) in [5.74, 6) is -0.214. The second-order valence-electron chi connectivity index (χ2n) is 6.08. The van der Waals surface area contributed by atoms with Gasteiger partial charge < -0.3 is 19.9 Å². The number of carboxylic acid groups (broad SMARTS) is 1. The van der Waals surface area contributed by atoms with Gasteiger partial charge in [0, 0.05) is 12.6 Å². The monoisotopic (exact) mass is 447 g/mol. The first-order valence-electron chi connectivity index (χ1n) is 8.62. The second kappa shape index (κ2) is 10.5. The Hall–Kier alpha value is -2.80. The molecule has 28 heavy (non-hydrogen) atoms. The van der Waals surface area contributed by atoms with Crippen LogP contribution in [0, 0.1) is 6.92 Å². The van der Waals surface area contributed by atoms with Crippen molar-refractivity contribution in [2.45, 2.75) is 20.0 Å². The maximum Gasteiger partial charge on any atom is 0.305 e. The lowest BCUT2D eigenvalue weighted by atomic mass is 10.1. The Labute approximate surface area is 172 Å². The van der Waals surface area contributed by atoms with Crippen LogP contribution in [0.4, 0.5) is 0 Å². The minimum absolute atomic E-state index is 0.0807. The highest BCUT2D eigenvalue weighted by Gasteiger charge is 2.11. The van der Waals surface area contributed by atoms with Crippen molar-refractivity contribution >= 4 is 33.9 Å². The lowest BCUT2D eigenvalue weighted by Gasteiger charge is -2.14. The van der Waals surface area contributed by atoms with Crippen LogP contribution >= 0.6 is 15.9 Å². The van der Waals surface area contributed by atoms with Crippen LogP contribution in [0.25, 0.3) is 6.08 Å². The lowest BCUT2D eigenvalue weighted by Crippen LogP contribution is -2.23. The number of hydrogen-bond acceptors (Lipinski definition) is 4. The zero-order valence-electron chi connectivity index (χ0n) is 15.7. The Morgan fingerprint density at radius 1 is 1.21 bits per heavy atom. The number of methoxy groups -OCH3 is 1. The summed E-state index contributed by atoms with van der Waals surface area (Å²) < 4.78 is 12.0. The molecule has 0 radical (unpaired) electrons. The molecule has 1 amide bonds. The Bertz CT molecular complexity index is 862. The Balaban J connectivity index is 2.05. The number of benzene rings is 2. The van der Waals surface area contributed by atoms with Crippen molar-refractivity contribution in [3.8, 4) is 11.5 Å². The molecule has 148 valence electrons. The SMILES string of the molecule is COc1cc(/C=C/C(=O)NCCC(=O)O)cc(Br)c1OCc1ccc(C)cc1. The predicted molar refractivity (Wildman–Crippen MR) is 111 cm³/mol. The third-order valence-corrected chi connectivity index (χ3v) is 4.41. The van der Waals surface area contributed by atoms with E-state index in [-0.39, 0.29) is 18.9 Å². The number of carbonyl (C=O) groups excluding carboxylic acids is 1. The largest absolute Gasteiger partial charge is 0.493 e. The molecule has 0 bridgehead atoms. The number of aryl methyl sites for hydroxylation is 1. The first kappa shape index (κ1) is 21.5. The van der Waals surface area contributed by atoms with Gasteiger partial charge in [-0.15, -0.1) is 0 Å². The van der Waals surface area contributed by atoms with Gasteiger partial charge in [0.05, 0.1) is 18.0 Å². The van der Waals surface area contributed by atoms with Crippen LogP contribution in [0.15, 0.2) is 46.9 Å². The normalized spacial score (nSPS) is 10.7. The standard InChI is InChI=1S/C21H22BrNO5/c1-14-3-5-15(6-4-14)13-28-21-17(22)11-16(12-18(21)27-2)7-8-19(24)23-10-9-20(25)26/h3-8,11-12H,9-10,13H2,1-2H3,(H,23,24)(H,25,26)/b8-7+. The Kier molecular flexibility index (Phi) is 8.07. The summed E-state index contributed by atoms with van der Waals surface area (Å²) in [6.07, 6.45) is 2.84. The summed E-state index contributed by atoms with van der Waals surface area (Å²) >= 11 is 3.48. The van der Waals surface area contributed by atoms with Gasteiger partial charge in [-0.05, 0) is 52.2 Å². The molecule has 2 aromatic rings. The fourth-order valence-corrected chi connectivity index (χ4v) is 2.91. The maximum absolute atomic E-state index is 11.7. The van der Waals surface area contributed by atoms with Crippen LogP contribution in [0.1, 0.15) is 23.1 Å². The van der Waals surface area contributed by atoms with Crippen molar-refractivity contribution in [3.63, 3.8) is 0 Å². The minimum atomic E-state index is -0.959. The van der Waals surface area contributed by atoms with Gasteiger partial charge in [0.15, 0.2) is 11.5 Å². The van der Waals surface area contributed by atoms with Crippen molar-refractivity contribution in [1.29, 1.82) is 0 Å². The van der Waals surface area contributed by atoms with Gasteiger partial charge in [0.2, 0.25) is 5.91 Å². The van der Waals surface area contributed by atoms with Gasteiger partial charge in [-0.1, -0.05) is 29.8 Å². The summed E-state index contributed by atoms with van der Waals surface area (Å²) in [4.78, 5) is 22.2. The van der Waals surface area contributed by atoms with E-state index in [9.17, 15) is 9.59 Å². The quantitative estimate of drug-likeness (QED) is 0.568. The van der Waals surface area contributed by atoms with Crippen LogP contribution in [0.2, 0.25) is 0 Å². The molecule has 0 atom stereocenters. The Morgan fingerprint density at radius 2 is 1.93 bits per heavy atom. The molecule has 0 saturated heterocycles. The zero-order valence-corrected chi connectivity index (χ0v) is 17.3. The lowest BCUT2D eigenvalue weighted by molar-refractivity contribution is -0.136. The van der Waals surface area contributed by atoms with Crippen LogP contribution in [0.5, 0.6) is 11.5 Å². The third kappa shape index (κ3) is 6.74. The molecule has 0 aromatic heterocycles. The fraction of sp³-hybridized carbons (Fsp3) is 0.238. The number of nitrogens with one attached hydrogen (secondary N) is 1. The molecular weight excluding hydrogens is 426 g/mol. The molecular formula is C21H22BrNO5. The maximum atomic E-state index is 11.7. The summed E-state index contributed by atoms with van der Waals surface area (Å²) in [5.41, 5.74) is 2.96. The smallest absolute Gasteiger partial charge is 0.305 e. The predicted octanol–water partition coefficient (Wildman–Crippen LogP) is 3.95. The average molecular weight is 448 g/mol. The molecule has 0 saturated carbocycles. The number of carboxylic acids is 1. The van der Waals surface area contributed by atoms with Crippen LogP contribution in [-0.2, 0) is 16.2 Å². The number of ether oxygens (including phenoxy) is 2. The first-order valence-corrected chi connectivity index (χ1v) is 9.42. The molecule has 0 fully saturated rings. The minimum Gasteiger partial charge on any atom is -0.493 e. The van der Waals surface area contributed by atoms with Crippen molar-refractivity contribution < 1.29 is 24.2 Å². The van der Waals surface area contributed by atoms with E-state index in [0.717, 1.165) is 11.1 Å². The highest BCUT2D eigenvalue weighted by Crippen LogP contribution is 2.37. The number of aliphatic carboxylic acids is 1. The molecule has 6 nitrogen and oxygen atoms in total. The van der Waals surface area contributed by atoms with E-state index >= 15 is 0 Å².